The van der Waals surface area contributed by atoms with Crippen LogP contribution in [0.1, 0.15) is 16.8 Å². The molecule has 0 saturated carbocycles. The number of nitrogens with zero attached hydrogens (tertiary/aromatic N) is 2. The molecule has 0 radical (unpaired) electrons. The van der Waals surface area contributed by atoms with E-state index in [9.17, 15) is 9.90 Å². The molecule has 1 aromatic carbocycles. The second-order valence-electron chi connectivity index (χ2n) is 4.98. The third-order valence-corrected chi connectivity index (χ3v) is 3.56. The summed E-state index contributed by atoms with van der Waals surface area (Å²) in [5.74, 6) is -0.108. The van der Waals surface area contributed by atoms with Crippen LogP contribution >= 0.6 is 0 Å². The molecule has 1 aliphatic rings. The monoisotopic (exact) mass is 279 g/mol. The van der Waals surface area contributed by atoms with E-state index in [0.717, 1.165) is 19.5 Å². The van der Waals surface area contributed by atoms with Crippen molar-refractivity contribution in [2.24, 2.45) is 0 Å². The van der Waals surface area contributed by atoms with E-state index in [1.807, 2.05) is 0 Å². The molecule has 4 N–H and O–H groups in total. The number of aromatic hydroxyl groups is 1. The molecule has 0 bridgehead atoms. The lowest BCUT2D eigenvalue weighted by Crippen LogP contribution is -2.36. The van der Waals surface area contributed by atoms with Crippen LogP contribution in [0.4, 0.5) is 5.69 Å². The third-order valence-electron chi connectivity index (χ3n) is 3.56. The molecule has 1 aliphatic heterocycles. The van der Waals surface area contributed by atoms with Crippen LogP contribution in [0.25, 0.3) is 0 Å². The number of nitrogens with two attached hydrogens (primary N) is 1. The molecule has 20 heavy (non-hydrogen) atoms. The molecule has 0 aliphatic carbocycles. The Balaban J connectivity index is 2.07. The fourth-order valence-corrected chi connectivity index (χ4v) is 2.44. The van der Waals surface area contributed by atoms with E-state index < -0.39 is 0 Å². The number of aliphatic hydroxyl groups excluding tert-OH is 1. The molecule has 6 nitrogen and oxygen atoms in total. The highest BCUT2D eigenvalue weighted by Gasteiger charge is 2.21. The van der Waals surface area contributed by atoms with Crippen LogP contribution in [0, 0.1) is 0 Å². The van der Waals surface area contributed by atoms with Gasteiger partial charge in [0.1, 0.15) is 5.75 Å². The zero-order chi connectivity index (χ0) is 14.5. The molecule has 0 aromatic heterocycles. The van der Waals surface area contributed by atoms with Crippen LogP contribution in [0.15, 0.2) is 18.2 Å². The summed E-state index contributed by atoms with van der Waals surface area (Å²) in [7, 11) is 0. The Hall–Kier alpha value is -1.79. The number of nitrogen functional groups attached to an aromatic ring is 1. The lowest BCUT2D eigenvalue weighted by molar-refractivity contribution is 0.0761. The quantitative estimate of drug-likeness (QED) is 0.540. The van der Waals surface area contributed by atoms with Crippen molar-refractivity contribution in [1.82, 2.24) is 9.80 Å². The van der Waals surface area contributed by atoms with Crippen LogP contribution < -0.4 is 5.73 Å². The summed E-state index contributed by atoms with van der Waals surface area (Å²) in [5.41, 5.74) is 6.54. The van der Waals surface area contributed by atoms with E-state index in [1.165, 1.54) is 12.1 Å². The average Bonchev–Trinajstić information content (AvgIpc) is 2.67. The number of rotatable bonds is 3. The van der Waals surface area contributed by atoms with Gasteiger partial charge < -0.3 is 20.8 Å². The van der Waals surface area contributed by atoms with Crippen molar-refractivity contribution in [3.63, 3.8) is 0 Å². The molecule has 6 heteroatoms. The van der Waals surface area contributed by atoms with Gasteiger partial charge in [-0.3, -0.25) is 9.69 Å². The Bertz CT molecular complexity index is 479. The predicted molar refractivity (Wildman–Crippen MR) is 76.6 cm³/mol. The van der Waals surface area contributed by atoms with Gasteiger partial charge >= 0.3 is 0 Å². The molecule has 1 amide bonds. The Morgan fingerprint density at radius 1 is 1.25 bits per heavy atom. The van der Waals surface area contributed by atoms with E-state index >= 15 is 0 Å². The molecule has 1 aromatic rings. The van der Waals surface area contributed by atoms with Crippen LogP contribution in [0.3, 0.4) is 0 Å². The summed E-state index contributed by atoms with van der Waals surface area (Å²) in [5, 5.41) is 18.5. The van der Waals surface area contributed by atoms with Crippen molar-refractivity contribution in [2.45, 2.75) is 6.42 Å². The zero-order valence-corrected chi connectivity index (χ0v) is 11.5. The van der Waals surface area contributed by atoms with Gasteiger partial charge in [-0.05, 0) is 31.2 Å². The van der Waals surface area contributed by atoms with Crippen molar-refractivity contribution >= 4 is 11.6 Å². The standard InChI is InChI=1S/C14H21N3O3/c15-13-3-2-11(19)10-12(13)14(20)17-5-1-4-16(6-7-17)8-9-18/h2-3,10,18-19H,1,4-9,15H2. The zero-order valence-electron chi connectivity index (χ0n) is 11.5. The topological polar surface area (TPSA) is 90.0 Å². The van der Waals surface area contributed by atoms with Gasteiger partial charge in [-0.15, -0.1) is 0 Å². The van der Waals surface area contributed by atoms with E-state index in [2.05, 4.69) is 4.90 Å². The Labute approximate surface area is 118 Å². The second kappa shape index (κ2) is 6.58. The molecule has 1 saturated heterocycles. The number of phenolic OH excluding ortho intramolecular Hbond substituents is 1. The first-order chi connectivity index (χ1) is 9.61. The van der Waals surface area contributed by atoms with Gasteiger partial charge in [0.25, 0.3) is 5.91 Å². The molecular formula is C14H21N3O3. The number of carbonyl (C=O) groups excluding carboxylic acids is 1. The normalized spacial score (nSPS) is 16.9. The summed E-state index contributed by atoms with van der Waals surface area (Å²) in [6.07, 6.45) is 0.866. The first-order valence-electron chi connectivity index (χ1n) is 6.83. The van der Waals surface area contributed by atoms with Crippen molar-refractivity contribution < 1.29 is 15.0 Å². The molecule has 0 spiro atoms. The van der Waals surface area contributed by atoms with Gasteiger partial charge in [0.05, 0.1) is 12.2 Å². The highest BCUT2D eigenvalue weighted by molar-refractivity contribution is 5.99. The van der Waals surface area contributed by atoms with Gasteiger partial charge in [0.15, 0.2) is 0 Å². The predicted octanol–water partition coefficient (Wildman–Crippen LogP) is 0.115. The van der Waals surface area contributed by atoms with E-state index in [0.29, 0.717) is 30.9 Å². The van der Waals surface area contributed by atoms with Gasteiger partial charge in [-0.2, -0.15) is 0 Å². The Morgan fingerprint density at radius 3 is 2.80 bits per heavy atom. The molecule has 0 atom stereocenters. The SMILES string of the molecule is Nc1ccc(O)cc1C(=O)N1CCCN(CCO)CC1. The molecule has 2 rings (SSSR count). The maximum absolute atomic E-state index is 12.5. The van der Waals surface area contributed by atoms with Gasteiger partial charge in [-0.25, -0.2) is 0 Å². The maximum atomic E-state index is 12.5. The summed E-state index contributed by atoms with van der Waals surface area (Å²) >= 11 is 0. The lowest BCUT2D eigenvalue weighted by Gasteiger charge is -2.22. The minimum atomic E-state index is -0.149. The van der Waals surface area contributed by atoms with Crippen molar-refractivity contribution in [1.29, 1.82) is 0 Å². The van der Waals surface area contributed by atoms with E-state index in [4.69, 9.17) is 10.8 Å². The van der Waals surface area contributed by atoms with Gasteiger partial charge in [-0.1, -0.05) is 0 Å². The third kappa shape index (κ3) is 3.40. The van der Waals surface area contributed by atoms with Gasteiger partial charge in [0.2, 0.25) is 0 Å². The Morgan fingerprint density at radius 2 is 2.05 bits per heavy atom. The number of hydrogen-bond acceptors (Lipinski definition) is 5. The van der Waals surface area contributed by atoms with Gasteiger partial charge in [0, 0.05) is 31.9 Å². The molecule has 110 valence electrons. The number of anilines is 1. The molecule has 1 heterocycles. The lowest BCUT2D eigenvalue weighted by atomic mass is 10.1. The molecule has 0 unspecified atom stereocenters. The number of hydrogen-bond donors (Lipinski definition) is 3. The van der Waals surface area contributed by atoms with E-state index in [-0.39, 0.29) is 18.3 Å². The van der Waals surface area contributed by atoms with Crippen molar-refractivity contribution in [2.75, 3.05) is 45.1 Å². The van der Waals surface area contributed by atoms with Crippen LogP contribution in [-0.2, 0) is 0 Å². The largest absolute Gasteiger partial charge is 0.508 e. The minimum absolute atomic E-state index is 0.0410. The highest BCUT2D eigenvalue weighted by Crippen LogP contribution is 2.20. The van der Waals surface area contributed by atoms with Crippen LogP contribution in [0.2, 0.25) is 0 Å². The fraction of sp³-hybridized carbons (Fsp3) is 0.500. The number of benzene rings is 1. The van der Waals surface area contributed by atoms with Crippen molar-refractivity contribution in [3.8, 4) is 5.75 Å². The maximum Gasteiger partial charge on any atom is 0.256 e. The summed E-state index contributed by atoms with van der Waals surface area (Å²) < 4.78 is 0. The summed E-state index contributed by atoms with van der Waals surface area (Å²) in [6, 6.07) is 4.42. The fourth-order valence-electron chi connectivity index (χ4n) is 2.44. The number of amides is 1. The van der Waals surface area contributed by atoms with Crippen molar-refractivity contribution in [3.05, 3.63) is 23.8 Å². The number of phenols is 1. The summed E-state index contributed by atoms with van der Waals surface area (Å²) in [4.78, 5) is 16.3. The number of aliphatic hydroxyl groups is 1. The molecule has 1 fully saturated rings. The van der Waals surface area contributed by atoms with Crippen LogP contribution in [0.5, 0.6) is 5.75 Å². The van der Waals surface area contributed by atoms with E-state index in [1.54, 1.807) is 11.0 Å². The first-order valence-corrected chi connectivity index (χ1v) is 6.83. The highest BCUT2D eigenvalue weighted by atomic mass is 16.3. The minimum Gasteiger partial charge on any atom is -0.508 e. The second-order valence-corrected chi connectivity index (χ2v) is 4.98. The summed E-state index contributed by atoms with van der Waals surface area (Å²) in [6.45, 7) is 3.65. The molecular weight excluding hydrogens is 258 g/mol. The Kier molecular flexibility index (Phi) is 4.81. The average molecular weight is 279 g/mol. The number of β-amino-alcohol motifs (C(OH)–C–C–N with tert-alkyl or cyclic N) is 1. The first kappa shape index (κ1) is 14.6. The van der Waals surface area contributed by atoms with Crippen LogP contribution in [-0.4, -0.2) is 65.3 Å². The number of carbonyl (C=O) groups is 1. The smallest absolute Gasteiger partial charge is 0.256 e.